The van der Waals surface area contributed by atoms with Gasteiger partial charge in [-0.15, -0.1) is 0 Å². The molecule has 0 amide bonds. The Morgan fingerprint density at radius 1 is 0.931 bits per heavy atom. The summed E-state index contributed by atoms with van der Waals surface area (Å²) in [5.41, 5.74) is 4.94. The standard InChI is InChI=1S/C27H40O2/c1-8-26(6,28)19-20(4)17-22-11-12-24(18-21(22)5)27(9-2,10-3)23-13-15-25(29-7)16-14-23/h11-16,18,20,28H,8-10,17,19H2,1-7H3. The quantitative estimate of drug-likeness (QED) is 0.476. The smallest absolute Gasteiger partial charge is 0.118 e. The van der Waals surface area contributed by atoms with Gasteiger partial charge in [-0.3, -0.25) is 0 Å². The largest absolute Gasteiger partial charge is 0.497 e. The summed E-state index contributed by atoms with van der Waals surface area (Å²) >= 11 is 0. The second-order valence-electron chi connectivity index (χ2n) is 9.02. The molecule has 2 aromatic carbocycles. The van der Waals surface area contributed by atoms with Crippen molar-refractivity contribution in [2.75, 3.05) is 7.11 Å². The van der Waals surface area contributed by atoms with E-state index in [1.165, 1.54) is 22.3 Å². The van der Waals surface area contributed by atoms with Crippen LogP contribution in [0.15, 0.2) is 42.5 Å². The number of ether oxygens (including phenoxy) is 1. The van der Waals surface area contributed by atoms with Crippen molar-refractivity contribution in [2.45, 2.75) is 84.7 Å². The highest BCUT2D eigenvalue weighted by molar-refractivity contribution is 5.44. The summed E-state index contributed by atoms with van der Waals surface area (Å²) in [5, 5.41) is 10.4. The SMILES string of the molecule is CCC(C)(O)CC(C)Cc1ccc(C(CC)(CC)c2ccc(OC)cc2)cc1C. The molecule has 0 fully saturated rings. The van der Waals surface area contributed by atoms with Gasteiger partial charge in [0.2, 0.25) is 0 Å². The lowest BCUT2D eigenvalue weighted by Crippen LogP contribution is -2.27. The molecule has 0 saturated heterocycles. The van der Waals surface area contributed by atoms with Crippen LogP contribution in [-0.4, -0.2) is 17.8 Å². The van der Waals surface area contributed by atoms with Gasteiger partial charge < -0.3 is 9.84 Å². The van der Waals surface area contributed by atoms with Crippen LogP contribution in [-0.2, 0) is 11.8 Å². The Morgan fingerprint density at radius 2 is 1.52 bits per heavy atom. The van der Waals surface area contributed by atoms with Crippen molar-refractivity contribution >= 4 is 0 Å². The molecule has 29 heavy (non-hydrogen) atoms. The average molecular weight is 397 g/mol. The van der Waals surface area contributed by atoms with Crippen LogP contribution in [0.5, 0.6) is 5.75 Å². The third-order valence-corrected chi connectivity index (χ3v) is 6.86. The second kappa shape index (κ2) is 9.80. The fourth-order valence-electron chi connectivity index (χ4n) is 4.71. The van der Waals surface area contributed by atoms with E-state index in [1.807, 2.05) is 6.92 Å². The number of aryl methyl sites for hydroxylation is 1. The van der Waals surface area contributed by atoms with Crippen LogP contribution >= 0.6 is 0 Å². The fraction of sp³-hybridized carbons (Fsp3) is 0.556. The van der Waals surface area contributed by atoms with E-state index in [2.05, 4.69) is 77.1 Å². The lowest BCUT2D eigenvalue weighted by molar-refractivity contribution is 0.0324. The molecule has 160 valence electrons. The zero-order valence-corrected chi connectivity index (χ0v) is 19.5. The Balaban J connectivity index is 2.31. The van der Waals surface area contributed by atoms with E-state index in [9.17, 15) is 5.11 Å². The first-order valence-corrected chi connectivity index (χ1v) is 11.2. The van der Waals surface area contributed by atoms with Gasteiger partial charge in [-0.1, -0.05) is 58.0 Å². The van der Waals surface area contributed by atoms with Gasteiger partial charge >= 0.3 is 0 Å². The molecule has 0 aromatic heterocycles. The molecule has 0 heterocycles. The number of methoxy groups -OCH3 is 1. The highest BCUT2D eigenvalue weighted by Gasteiger charge is 2.31. The lowest BCUT2D eigenvalue weighted by atomic mass is 9.70. The molecule has 1 N–H and O–H groups in total. The Morgan fingerprint density at radius 3 is 2.00 bits per heavy atom. The van der Waals surface area contributed by atoms with E-state index in [0.717, 1.165) is 37.9 Å². The van der Waals surface area contributed by atoms with Crippen molar-refractivity contribution in [3.05, 3.63) is 64.7 Å². The van der Waals surface area contributed by atoms with Gasteiger partial charge in [0.15, 0.2) is 0 Å². The molecule has 0 aliphatic carbocycles. The number of benzene rings is 2. The Hall–Kier alpha value is -1.80. The van der Waals surface area contributed by atoms with Gasteiger partial charge in [0.05, 0.1) is 12.7 Å². The van der Waals surface area contributed by atoms with E-state index < -0.39 is 5.60 Å². The predicted molar refractivity (Wildman–Crippen MR) is 124 cm³/mol. The summed E-state index contributed by atoms with van der Waals surface area (Å²) in [6.45, 7) is 13.1. The number of rotatable bonds is 10. The highest BCUT2D eigenvalue weighted by atomic mass is 16.5. The molecule has 2 nitrogen and oxygen atoms in total. The normalized spacial score (nSPS) is 15.0. The molecule has 2 atom stereocenters. The first-order valence-electron chi connectivity index (χ1n) is 11.2. The van der Waals surface area contributed by atoms with E-state index in [4.69, 9.17) is 4.74 Å². The summed E-state index contributed by atoms with van der Waals surface area (Å²) in [5.74, 6) is 1.36. The van der Waals surface area contributed by atoms with E-state index >= 15 is 0 Å². The summed E-state index contributed by atoms with van der Waals surface area (Å²) in [7, 11) is 1.71. The van der Waals surface area contributed by atoms with Crippen LogP contribution in [0.1, 0.15) is 82.6 Å². The van der Waals surface area contributed by atoms with Crippen LogP contribution in [0, 0.1) is 12.8 Å². The van der Waals surface area contributed by atoms with Crippen molar-refractivity contribution in [1.82, 2.24) is 0 Å². The summed E-state index contributed by atoms with van der Waals surface area (Å²) in [4.78, 5) is 0. The third-order valence-electron chi connectivity index (χ3n) is 6.86. The van der Waals surface area contributed by atoms with Gasteiger partial charge in [0, 0.05) is 5.41 Å². The molecule has 0 radical (unpaired) electrons. The maximum Gasteiger partial charge on any atom is 0.118 e. The molecule has 0 spiro atoms. The topological polar surface area (TPSA) is 29.5 Å². The Bertz CT molecular complexity index is 770. The van der Waals surface area contributed by atoms with Crippen molar-refractivity contribution in [3.8, 4) is 5.75 Å². The zero-order valence-electron chi connectivity index (χ0n) is 19.5. The van der Waals surface area contributed by atoms with Crippen LogP contribution in [0.2, 0.25) is 0 Å². The maximum absolute atomic E-state index is 10.4. The molecular formula is C27H40O2. The summed E-state index contributed by atoms with van der Waals surface area (Å²) < 4.78 is 5.35. The van der Waals surface area contributed by atoms with Crippen LogP contribution in [0.4, 0.5) is 0 Å². The zero-order chi connectivity index (χ0) is 21.7. The van der Waals surface area contributed by atoms with E-state index in [-0.39, 0.29) is 5.41 Å². The fourth-order valence-corrected chi connectivity index (χ4v) is 4.71. The number of hydrogen-bond donors (Lipinski definition) is 1. The molecule has 0 bridgehead atoms. The van der Waals surface area contributed by atoms with Crippen molar-refractivity contribution < 1.29 is 9.84 Å². The highest BCUT2D eigenvalue weighted by Crippen LogP contribution is 2.40. The van der Waals surface area contributed by atoms with E-state index in [0.29, 0.717) is 5.92 Å². The lowest BCUT2D eigenvalue weighted by Gasteiger charge is -2.34. The van der Waals surface area contributed by atoms with Gasteiger partial charge in [-0.2, -0.15) is 0 Å². The predicted octanol–water partition coefficient (Wildman–Crippen LogP) is 6.84. The molecule has 2 unspecified atom stereocenters. The summed E-state index contributed by atoms with van der Waals surface area (Å²) in [6.07, 6.45) is 4.77. The van der Waals surface area contributed by atoms with Crippen LogP contribution in [0.3, 0.4) is 0 Å². The maximum atomic E-state index is 10.4. The number of aliphatic hydroxyl groups is 1. The van der Waals surface area contributed by atoms with E-state index in [1.54, 1.807) is 7.11 Å². The van der Waals surface area contributed by atoms with Gasteiger partial charge in [0.25, 0.3) is 0 Å². The monoisotopic (exact) mass is 396 g/mol. The van der Waals surface area contributed by atoms with Crippen molar-refractivity contribution in [3.63, 3.8) is 0 Å². The van der Waals surface area contributed by atoms with Gasteiger partial charge in [0.1, 0.15) is 5.75 Å². The number of hydrogen-bond acceptors (Lipinski definition) is 2. The third kappa shape index (κ3) is 5.42. The molecule has 0 aliphatic heterocycles. The van der Waals surface area contributed by atoms with Crippen molar-refractivity contribution in [1.29, 1.82) is 0 Å². The molecule has 2 rings (SSSR count). The minimum atomic E-state index is -0.568. The van der Waals surface area contributed by atoms with Crippen molar-refractivity contribution in [2.24, 2.45) is 5.92 Å². The Kier molecular flexibility index (Phi) is 7.94. The second-order valence-corrected chi connectivity index (χ2v) is 9.02. The molecule has 2 heteroatoms. The van der Waals surface area contributed by atoms with Gasteiger partial charge in [-0.25, -0.2) is 0 Å². The van der Waals surface area contributed by atoms with Gasteiger partial charge in [-0.05, 0) is 86.3 Å². The first kappa shape index (κ1) is 23.5. The molecule has 0 aliphatic rings. The first-order chi connectivity index (χ1) is 13.7. The molecule has 2 aromatic rings. The average Bonchev–Trinajstić information content (AvgIpc) is 2.71. The Labute approximate surface area is 178 Å². The van der Waals surface area contributed by atoms with Crippen LogP contribution in [0.25, 0.3) is 0 Å². The van der Waals surface area contributed by atoms with Crippen LogP contribution < -0.4 is 4.74 Å². The minimum Gasteiger partial charge on any atom is -0.497 e. The summed E-state index contributed by atoms with van der Waals surface area (Å²) in [6, 6.07) is 15.6. The molecular weight excluding hydrogens is 356 g/mol. The minimum absolute atomic E-state index is 0.0209. The molecule has 0 saturated carbocycles.